The molecule has 2 aromatic rings. The first kappa shape index (κ1) is 10.4. The van der Waals surface area contributed by atoms with E-state index in [4.69, 9.17) is 10.5 Å². The van der Waals surface area contributed by atoms with E-state index in [0.29, 0.717) is 0 Å². The Morgan fingerprint density at radius 1 is 1.41 bits per heavy atom. The Balaban J connectivity index is 2.00. The summed E-state index contributed by atoms with van der Waals surface area (Å²) in [5, 5.41) is 4.29. The van der Waals surface area contributed by atoms with Gasteiger partial charge in [-0.3, -0.25) is 0 Å². The van der Waals surface area contributed by atoms with Gasteiger partial charge < -0.3 is 10.5 Å². The summed E-state index contributed by atoms with van der Waals surface area (Å²) >= 11 is 0. The van der Waals surface area contributed by atoms with Gasteiger partial charge in [0.15, 0.2) is 0 Å². The largest absolute Gasteiger partial charge is 0.496 e. The zero-order valence-corrected chi connectivity index (χ0v) is 9.54. The second-order valence-electron chi connectivity index (χ2n) is 4.21. The number of pyridine rings is 1. The van der Waals surface area contributed by atoms with Crippen molar-refractivity contribution in [3.05, 3.63) is 48.0 Å². The first-order valence-corrected chi connectivity index (χ1v) is 5.87. The summed E-state index contributed by atoms with van der Waals surface area (Å²) in [6.07, 6.45) is 7.94. The third kappa shape index (κ3) is 1.80. The maximum atomic E-state index is 6.23. The molecule has 1 aliphatic rings. The maximum absolute atomic E-state index is 6.23. The van der Waals surface area contributed by atoms with Crippen LogP contribution >= 0.6 is 0 Å². The quantitative estimate of drug-likeness (QED) is 0.857. The zero-order chi connectivity index (χ0) is 11.7. The molecule has 0 aromatic carbocycles. The smallest absolute Gasteiger partial charge is 0.113 e. The molecule has 0 radical (unpaired) electrons. The lowest BCUT2D eigenvalue weighted by atomic mass is 10.1. The highest BCUT2D eigenvalue weighted by Crippen LogP contribution is 2.26. The summed E-state index contributed by atoms with van der Waals surface area (Å²) in [5.41, 5.74) is 8.28. The number of aromatic nitrogens is 2. The Hall–Kier alpha value is -1.81. The molecule has 2 aromatic heterocycles. The number of ether oxygens (including phenoxy) is 1. The predicted octanol–water partition coefficient (Wildman–Crippen LogP) is 2.03. The van der Waals surface area contributed by atoms with Gasteiger partial charge in [-0.2, -0.15) is 5.10 Å². The summed E-state index contributed by atoms with van der Waals surface area (Å²) in [6.45, 7) is 0.763. The summed E-state index contributed by atoms with van der Waals surface area (Å²) in [7, 11) is 0. The molecule has 4 heteroatoms. The molecule has 2 N–H and O–H groups in total. The Kier molecular flexibility index (Phi) is 2.57. The highest BCUT2D eigenvalue weighted by Gasteiger charge is 2.19. The molecule has 0 aliphatic carbocycles. The third-order valence-corrected chi connectivity index (χ3v) is 3.06. The van der Waals surface area contributed by atoms with Crippen LogP contribution in [0.2, 0.25) is 0 Å². The Morgan fingerprint density at radius 2 is 2.35 bits per heavy atom. The van der Waals surface area contributed by atoms with Crippen LogP contribution in [0.25, 0.3) is 5.52 Å². The highest BCUT2D eigenvalue weighted by atomic mass is 16.5. The van der Waals surface area contributed by atoms with Crippen LogP contribution < -0.4 is 5.73 Å². The molecule has 0 saturated heterocycles. The lowest BCUT2D eigenvalue weighted by molar-refractivity contribution is 0.176. The standard InChI is InChI=1S/C13H15N3O/c14-13(12-6-2-4-8-17-12)10-9-15-16-7-3-1-5-11(10)16/h1,3,5-7,9,13H,2,4,8,14H2. The van der Waals surface area contributed by atoms with Crippen molar-refractivity contribution in [2.45, 2.75) is 18.9 Å². The van der Waals surface area contributed by atoms with E-state index in [9.17, 15) is 0 Å². The first-order valence-electron chi connectivity index (χ1n) is 5.87. The van der Waals surface area contributed by atoms with Gasteiger partial charge in [-0.25, -0.2) is 4.52 Å². The minimum absolute atomic E-state index is 0.213. The number of hydrogen-bond donors (Lipinski definition) is 1. The molecule has 17 heavy (non-hydrogen) atoms. The van der Waals surface area contributed by atoms with Crippen LogP contribution in [0.4, 0.5) is 0 Å². The van der Waals surface area contributed by atoms with E-state index in [1.165, 1.54) is 0 Å². The molecule has 1 aliphatic heterocycles. The lowest BCUT2D eigenvalue weighted by Crippen LogP contribution is -2.17. The van der Waals surface area contributed by atoms with Gasteiger partial charge >= 0.3 is 0 Å². The van der Waals surface area contributed by atoms with Crippen LogP contribution in [0.5, 0.6) is 0 Å². The van der Waals surface area contributed by atoms with Crippen molar-refractivity contribution in [2.24, 2.45) is 5.73 Å². The second kappa shape index (κ2) is 4.22. The van der Waals surface area contributed by atoms with Crippen LogP contribution in [0.1, 0.15) is 24.4 Å². The van der Waals surface area contributed by atoms with Gasteiger partial charge in [0.1, 0.15) is 5.76 Å². The van der Waals surface area contributed by atoms with Crippen LogP contribution in [0.15, 0.2) is 42.4 Å². The van der Waals surface area contributed by atoms with E-state index in [0.717, 1.165) is 36.3 Å². The second-order valence-corrected chi connectivity index (χ2v) is 4.21. The number of allylic oxidation sites excluding steroid dienone is 1. The monoisotopic (exact) mass is 229 g/mol. The van der Waals surface area contributed by atoms with Crippen molar-refractivity contribution in [3.63, 3.8) is 0 Å². The minimum atomic E-state index is -0.213. The molecule has 4 nitrogen and oxygen atoms in total. The molecule has 3 heterocycles. The Bertz CT molecular complexity index is 559. The first-order chi connectivity index (χ1) is 8.36. The lowest BCUT2D eigenvalue weighted by Gasteiger charge is -2.20. The summed E-state index contributed by atoms with van der Waals surface area (Å²) in [4.78, 5) is 0. The Labute approximate surface area is 99.7 Å². The maximum Gasteiger partial charge on any atom is 0.113 e. The van der Waals surface area contributed by atoms with Gasteiger partial charge in [0.25, 0.3) is 0 Å². The van der Waals surface area contributed by atoms with Crippen molar-refractivity contribution >= 4 is 5.52 Å². The fraction of sp³-hybridized carbons (Fsp3) is 0.308. The van der Waals surface area contributed by atoms with Crippen molar-refractivity contribution in [3.8, 4) is 0 Å². The van der Waals surface area contributed by atoms with Gasteiger partial charge in [-0.15, -0.1) is 0 Å². The summed E-state index contributed by atoms with van der Waals surface area (Å²) in [5.74, 6) is 0.870. The molecular formula is C13H15N3O. The van der Waals surface area contributed by atoms with E-state index in [1.54, 1.807) is 0 Å². The van der Waals surface area contributed by atoms with Gasteiger partial charge in [-0.05, 0) is 31.1 Å². The number of hydrogen-bond acceptors (Lipinski definition) is 3. The van der Waals surface area contributed by atoms with E-state index < -0.39 is 0 Å². The Morgan fingerprint density at radius 3 is 3.18 bits per heavy atom. The summed E-state index contributed by atoms with van der Waals surface area (Å²) in [6, 6.07) is 5.75. The fourth-order valence-corrected chi connectivity index (χ4v) is 2.14. The summed E-state index contributed by atoms with van der Waals surface area (Å²) < 4.78 is 7.44. The number of rotatable bonds is 2. The van der Waals surface area contributed by atoms with Crippen molar-refractivity contribution in [1.82, 2.24) is 9.61 Å². The average Bonchev–Trinajstić information content (AvgIpc) is 2.83. The molecule has 3 rings (SSSR count). The third-order valence-electron chi connectivity index (χ3n) is 3.06. The molecule has 1 unspecified atom stereocenters. The van der Waals surface area contributed by atoms with Crippen LogP contribution in [-0.2, 0) is 4.74 Å². The number of fused-ring (bicyclic) bond motifs is 1. The van der Waals surface area contributed by atoms with E-state index in [1.807, 2.05) is 35.1 Å². The van der Waals surface area contributed by atoms with Crippen molar-refractivity contribution in [1.29, 1.82) is 0 Å². The molecular weight excluding hydrogens is 214 g/mol. The van der Waals surface area contributed by atoms with Crippen LogP contribution in [-0.4, -0.2) is 16.2 Å². The van der Waals surface area contributed by atoms with Crippen molar-refractivity contribution < 1.29 is 4.74 Å². The fourth-order valence-electron chi connectivity index (χ4n) is 2.14. The molecule has 0 bridgehead atoms. The molecule has 0 saturated carbocycles. The number of nitrogens with zero attached hydrogens (tertiary/aromatic N) is 2. The van der Waals surface area contributed by atoms with E-state index >= 15 is 0 Å². The SMILES string of the molecule is NC(C1=CCCCO1)c1cnn2ccccc12. The molecule has 0 amide bonds. The number of nitrogens with two attached hydrogens (primary N) is 1. The van der Waals surface area contributed by atoms with Gasteiger partial charge in [0, 0.05) is 11.8 Å². The average molecular weight is 229 g/mol. The molecule has 1 atom stereocenters. The topological polar surface area (TPSA) is 52.5 Å². The highest BCUT2D eigenvalue weighted by molar-refractivity contribution is 5.56. The predicted molar refractivity (Wildman–Crippen MR) is 65.4 cm³/mol. The van der Waals surface area contributed by atoms with Gasteiger partial charge in [0.2, 0.25) is 0 Å². The zero-order valence-electron chi connectivity index (χ0n) is 9.54. The van der Waals surface area contributed by atoms with Crippen LogP contribution in [0, 0.1) is 0 Å². The minimum Gasteiger partial charge on any atom is -0.496 e. The molecule has 0 fully saturated rings. The van der Waals surface area contributed by atoms with E-state index in [2.05, 4.69) is 11.2 Å². The van der Waals surface area contributed by atoms with Crippen molar-refractivity contribution in [2.75, 3.05) is 6.61 Å². The van der Waals surface area contributed by atoms with Gasteiger partial charge in [0.05, 0.1) is 24.4 Å². The van der Waals surface area contributed by atoms with E-state index in [-0.39, 0.29) is 6.04 Å². The van der Waals surface area contributed by atoms with Gasteiger partial charge in [-0.1, -0.05) is 6.07 Å². The molecule has 0 spiro atoms. The molecule has 88 valence electrons. The normalized spacial score (nSPS) is 17.6. The van der Waals surface area contributed by atoms with Crippen LogP contribution in [0.3, 0.4) is 0 Å².